The van der Waals surface area contributed by atoms with Gasteiger partial charge in [0.05, 0.1) is 18.0 Å². The molecule has 0 spiro atoms. The van der Waals surface area contributed by atoms with Crippen LogP contribution in [0.3, 0.4) is 0 Å². The van der Waals surface area contributed by atoms with Gasteiger partial charge in [0.1, 0.15) is 6.54 Å². The average Bonchev–Trinajstić information content (AvgIpc) is 2.56. The topological polar surface area (TPSA) is 66.5 Å². The predicted octanol–water partition coefficient (Wildman–Crippen LogP) is 3.56. The lowest BCUT2D eigenvalue weighted by Gasteiger charge is -2.25. The number of rotatable bonds is 6. The summed E-state index contributed by atoms with van der Waals surface area (Å²) in [4.78, 5) is 12.6. The number of hydrogen-bond acceptors (Lipinski definition) is 3. The fourth-order valence-electron chi connectivity index (χ4n) is 3.09. The summed E-state index contributed by atoms with van der Waals surface area (Å²) in [5.74, 6) is -0.338. The monoisotopic (exact) mass is 388 g/mol. The van der Waals surface area contributed by atoms with Gasteiger partial charge in [-0.25, -0.2) is 8.42 Å². The Morgan fingerprint density at radius 2 is 1.56 bits per heavy atom. The maximum absolute atomic E-state index is 12.6. The molecule has 2 rings (SSSR count). The highest BCUT2D eigenvalue weighted by atomic mass is 32.2. The fourth-order valence-corrected chi connectivity index (χ4v) is 4.00. The van der Waals surface area contributed by atoms with Gasteiger partial charge in [0.15, 0.2) is 0 Å². The van der Waals surface area contributed by atoms with Gasteiger partial charge in [0.2, 0.25) is 15.9 Å². The smallest absolute Gasteiger partial charge is 0.241 e. The van der Waals surface area contributed by atoms with Crippen molar-refractivity contribution in [3.8, 4) is 0 Å². The zero-order chi connectivity index (χ0) is 20.4. The van der Waals surface area contributed by atoms with Gasteiger partial charge in [-0.1, -0.05) is 35.9 Å². The highest BCUT2D eigenvalue weighted by Gasteiger charge is 2.23. The van der Waals surface area contributed by atoms with Gasteiger partial charge in [-0.3, -0.25) is 9.10 Å². The molecule has 0 saturated heterocycles. The number of hydrogen-bond donors (Lipinski definition) is 1. The van der Waals surface area contributed by atoms with Crippen LogP contribution in [0.2, 0.25) is 0 Å². The highest BCUT2D eigenvalue weighted by Crippen LogP contribution is 2.24. The van der Waals surface area contributed by atoms with Gasteiger partial charge in [0.25, 0.3) is 0 Å². The molecule has 0 fully saturated rings. The van der Waals surface area contributed by atoms with Crippen LogP contribution in [0, 0.1) is 27.7 Å². The largest absolute Gasteiger partial charge is 0.348 e. The molecule has 0 aliphatic heterocycles. The van der Waals surface area contributed by atoms with E-state index in [4.69, 9.17) is 0 Å². The van der Waals surface area contributed by atoms with Crippen LogP contribution in [0.1, 0.15) is 40.8 Å². The Bertz CT molecular complexity index is 952. The van der Waals surface area contributed by atoms with E-state index in [0.717, 1.165) is 34.1 Å². The Kier molecular flexibility index (Phi) is 6.31. The van der Waals surface area contributed by atoms with Gasteiger partial charge >= 0.3 is 0 Å². The van der Waals surface area contributed by atoms with Crippen molar-refractivity contribution in [3.05, 3.63) is 64.2 Å². The third-order valence-electron chi connectivity index (χ3n) is 4.60. The molecule has 0 unspecified atom stereocenters. The first kappa shape index (κ1) is 21.0. The molecule has 0 heterocycles. The van der Waals surface area contributed by atoms with E-state index in [1.165, 1.54) is 4.31 Å². The van der Waals surface area contributed by atoms with E-state index in [1.54, 1.807) is 6.07 Å². The minimum atomic E-state index is -3.60. The molecule has 0 saturated carbocycles. The zero-order valence-corrected chi connectivity index (χ0v) is 17.6. The number of carbonyl (C=O) groups excluding carboxylic acids is 1. The Labute approximate surface area is 162 Å². The second-order valence-corrected chi connectivity index (χ2v) is 9.12. The van der Waals surface area contributed by atoms with E-state index in [0.29, 0.717) is 5.69 Å². The van der Waals surface area contributed by atoms with Gasteiger partial charge in [-0.15, -0.1) is 0 Å². The molecule has 1 N–H and O–H groups in total. The Morgan fingerprint density at radius 3 is 2.15 bits per heavy atom. The number of sulfonamides is 1. The Morgan fingerprint density at radius 1 is 1.00 bits per heavy atom. The van der Waals surface area contributed by atoms with E-state index >= 15 is 0 Å². The Hall–Kier alpha value is -2.34. The van der Waals surface area contributed by atoms with Gasteiger partial charge < -0.3 is 5.32 Å². The molecule has 2 aromatic rings. The van der Waals surface area contributed by atoms with E-state index < -0.39 is 10.0 Å². The van der Waals surface area contributed by atoms with Crippen molar-refractivity contribution in [1.29, 1.82) is 0 Å². The van der Waals surface area contributed by atoms with E-state index in [-0.39, 0.29) is 18.5 Å². The molecule has 2 aromatic carbocycles. The number of anilines is 1. The van der Waals surface area contributed by atoms with Crippen LogP contribution in [0.4, 0.5) is 5.69 Å². The van der Waals surface area contributed by atoms with Crippen LogP contribution in [-0.2, 0) is 14.8 Å². The number of nitrogens with zero attached hydrogens (tertiary/aromatic N) is 1. The van der Waals surface area contributed by atoms with Crippen LogP contribution in [-0.4, -0.2) is 27.1 Å². The van der Waals surface area contributed by atoms with Crippen LogP contribution in [0.5, 0.6) is 0 Å². The SMILES string of the molecule is Cc1ccc(C)c([C@H](C)NC(=O)CN(c2cc(C)ccc2C)S(C)(=O)=O)c1. The lowest BCUT2D eigenvalue weighted by Crippen LogP contribution is -2.41. The minimum Gasteiger partial charge on any atom is -0.348 e. The first-order valence-corrected chi connectivity index (χ1v) is 10.8. The lowest BCUT2D eigenvalue weighted by molar-refractivity contribution is -0.120. The molecule has 0 aliphatic carbocycles. The maximum Gasteiger partial charge on any atom is 0.241 e. The van der Waals surface area contributed by atoms with Crippen molar-refractivity contribution < 1.29 is 13.2 Å². The van der Waals surface area contributed by atoms with Crippen LogP contribution in [0.15, 0.2) is 36.4 Å². The molecule has 1 amide bonds. The third-order valence-corrected chi connectivity index (χ3v) is 5.73. The molecule has 0 aromatic heterocycles. The number of nitrogens with one attached hydrogen (secondary N) is 1. The molecule has 5 nitrogen and oxygen atoms in total. The van der Waals surface area contributed by atoms with Crippen LogP contribution >= 0.6 is 0 Å². The van der Waals surface area contributed by atoms with Crippen molar-refractivity contribution >= 4 is 21.6 Å². The summed E-state index contributed by atoms with van der Waals surface area (Å²) in [6.45, 7) is 9.38. The number of benzene rings is 2. The summed E-state index contributed by atoms with van der Waals surface area (Å²) < 4.78 is 25.8. The molecule has 0 aliphatic rings. The highest BCUT2D eigenvalue weighted by molar-refractivity contribution is 7.92. The molecule has 1 atom stereocenters. The van der Waals surface area contributed by atoms with Crippen molar-refractivity contribution in [2.75, 3.05) is 17.1 Å². The lowest BCUT2D eigenvalue weighted by atomic mass is 10.00. The minimum absolute atomic E-state index is 0.211. The summed E-state index contributed by atoms with van der Waals surface area (Å²) in [7, 11) is -3.60. The first-order chi connectivity index (χ1) is 12.5. The molecule has 146 valence electrons. The second kappa shape index (κ2) is 8.13. The normalized spacial score (nSPS) is 12.5. The number of carbonyl (C=O) groups is 1. The fraction of sp³-hybridized carbons (Fsp3) is 0.381. The summed E-state index contributed by atoms with van der Waals surface area (Å²) in [5.41, 5.74) is 5.51. The summed E-state index contributed by atoms with van der Waals surface area (Å²) in [6.07, 6.45) is 1.12. The van der Waals surface area contributed by atoms with E-state index in [2.05, 4.69) is 5.32 Å². The van der Waals surface area contributed by atoms with Gasteiger partial charge in [-0.05, 0) is 62.9 Å². The van der Waals surface area contributed by atoms with Gasteiger partial charge in [0, 0.05) is 0 Å². The zero-order valence-electron chi connectivity index (χ0n) is 16.8. The molecular formula is C21H28N2O3S. The molecule has 6 heteroatoms. The summed E-state index contributed by atoms with van der Waals surface area (Å²) in [5, 5.41) is 2.93. The predicted molar refractivity (Wildman–Crippen MR) is 111 cm³/mol. The van der Waals surface area contributed by atoms with Crippen LogP contribution < -0.4 is 9.62 Å². The van der Waals surface area contributed by atoms with E-state index in [9.17, 15) is 13.2 Å². The van der Waals surface area contributed by atoms with Crippen molar-refractivity contribution in [2.24, 2.45) is 0 Å². The van der Waals surface area contributed by atoms with Gasteiger partial charge in [-0.2, -0.15) is 0 Å². The van der Waals surface area contributed by atoms with E-state index in [1.807, 2.05) is 65.0 Å². The first-order valence-electron chi connectivity index (χ1n) is 8.90. The number of aryl methyl sites for hydroxylation is 4. The van der Waals surface area contributed by atoms with Crippen LogP contribution in [0.25, 0.3) is 0 Å². The quantitative estimate of drug-likeness (QED) is 0.823. The second-order valence-electron chi connectivity index (χ2n) is 7.21. The van der Waals surface area contributed by atoms with Crippen molar-refractivity contribution in [3.63, 3.8) is 0 Å². The maximum atomic E-state index is 12.6. The molecule has 0 bridgehead atoms. The molecular weight excluding hydrogens is 360 g/mol. The third kappa shape index (κ3) is 5.32. The summed E-state index contributed by atoms with van der Waals surface area (Å²) in [6, 6.07) is 11.4. The summed E-state index contributed by atoms with van der Waals surface area (Å²) >= 11 is 0. The van der Waals surface area contributed by atoms with Crippen molar-refractivity contribution in [2.45, 2.75) is 40.7 Å². The standard InChI is InChI=1S/C21H28N2O3S/c1-14-7-9-16(3)19(11-14)18(5)22-21(24)13-23(27(6,25)26)20-12-15(2)8-10-17(20)4/h7-12,18H,13H2,1-6H3,(H,22,24)/t18-/m0/s1. The molecule has 27 heavy (non-hydrogen) atoms. The molecule has 0 radical (unpaired) electrons. The van der Waals surface area contributed by atoms with Crippen molar-refractivity contribution in [1.82, 2.24) is 5.32 Å². The Balaban J connectivity index is 2.24. The number of amides is 1. The average molecular weight is 389 g/mol.